The molecule has 0 fully saturated rings. The van der Waals surface area contributed by atoms with Gasteiger partial charge in [0.15, 0.2) is 6.61 Å². The van der Waals surface area contributed by atoms with Crippen LogP contribution in [0.3, 0.4) is 0 Å². The fraction of sp³-hybridized carbons (Fsp3) is 0.444. The standard InChI is InChI=1S/C18H23N3O5S/c1-3-7-19-17(24)11(2)20-16(23)10-26-18(25)12-4-5-14-13(9-12)21-15(22)6-8-27-14/h4-5,9,11H,3,6-8,10H2,1-2H3,(H,19,24)(H,20,23)(H,21,22)/t11-/m0/s1. The molecule has 0 saturated heterocycles. The average Bonchev–Trinajstić information content (AvgIpc) is 2.83. The SMILES string of the molecule is CCCNC(=O)[C@H](C)NC(=O)COC(=O)c1ccc2c(c1)NC(=O)CCS2. The number of nitrogens with one attached hydrogen (secondary N) is 3. The summed E-state index contributed by atoms with van der Waals surface area (Å²) >= 11 is 1.53. The van der Waals surface area contributed by atoms with Crippen LogP contribution in [0.25, 0.3) is 0 Å². The Labute approximate surface area is 161 Å². The van der Waals surface area contributed by atoms with Crippen molar-refractivity contribution in [3.8, 4) is 0 Å². The van der Waals surface area contributed by atoms with E-state index < -0.39 is 24.5 Å². The number of fused-ring (bicyclic) bond motifs is 1. The van der Waals surface area contributed by atoms with Crippen molar-refractivity contribution < 1.29 is 23.9 Å². The molecule has 1 heterocycles. The Hall–Kier alpha value is -2.55. The van der Waals surface area contributed by atoms with Crippen LogP contribution in [0.4, 0.5) is 5.69 Å². The van der Waals surface area contributed by atoms with Crippen molar-refractivity contribution in [3.63, 3.8) is 0 Å². The zero-order valence-corrected chi connectivity index (χ0v) is 16.1. The molecule has 0 radical (unpaired) electrons. The van der Waals surface area contributed by atoms with Gasteiger partial charge in [-0.3, -0.25) is 14.4 Å². The summed E-state index contributed by atoms with van der Waals surface area (Å²) in [6.07, 6.45) is 1.20. The van der Waals surface area contributed by atoms with Crippen LogP contribution in [0.1, 0.15) is 37.0 Å². The van der Waals surface area contributed by atoms with Crippen molar-refractivity contribution in [1.29, 1.82) is 0 Å². The van der Waals surface area contributed by atoms with Crippen LogP contribution in [-0.4, -0.2) is 48.6 Å². The molecule has 3 N–H and O–H groups in total. The first kappa shape index (κ1) is 20.8. The molecule has 0 bridgehead atoms. The Morgan fingerprint density at radius 3 is 2.85 bits per heavy atom. The van der Waals surface area contributed by atoms with Crippen LogP contribution in [0.2, 0.25) is 0 Å². The number of esters is 1. The molecule has 27 heavy (non-hydrogen) atoms. The van der Waals surface area contributed by atoms with Gasteiger partial charge in [0.1, 0.15) is 6.04 Å². The van der Waals surface area contributed by atoms with E-state index in [1.54, 1.807) is 19.1 Å². The summed E-state index contributed by atoms with van der Waals surface area (Å²) in [6.45, 7) is 3.51. The van der Waals surface area contributed by atoms with Crippen molar-refractivity contribution >= 4 is 41.1 Å². The van der Waals surface area contributed by atoms with Crippen molar-refractivity contribution in [1.82, 2.24) is 10.6 Å². The van der Waals surface area contributed by atoms with Gasteiger partial charge in [0.05, 0.1) is 11.3 Å². The molecule has 1 aliphatic rings. The number of hydrogen-bond acceptors (Lipinski definition) is 6. The molecule has 146 valence electrons. The Balaban J connectivity index is 1.87. The molecule has 0 unspecified atom stereocenters. The molecule has 0 aliphatic carbocycles. The average molecular weight is 393 g/mol. The first-order chi connectivity index (χ1) is 12.9. The van der Waals surface area contributed by atoms with E-state index in [9.17, 15) is 19.2 Å². The maximum absolute atomic E-state index is 12.2. The fourth-order valence-electron chi connectivity index (χ4n) is 2.31. The monoisotopic (exact) mass is 393 g/mol. The van der Waals surface area contributed by atoms with Crippen molar-refractivity contribution in [2.45, 2.75) is 37.6 Å². The van der Waals surface area contributed by atoms with Gasteiger partial charge in [0, 0.05) is 23.6 Å². The highest BCUT2D eigenvalue weighted by molar-refractivity contribution is 7.99. The number of ether oxygens (including phenoxy) is 1. The largest absolute Gasteiger partial charge is 0.452 e. The molecule has 2 rings (SSSR count). The van der Waals surface area contributed by atoms with E-state index in [0.29, 0.717) is 24.4 Å². The minimum absolute atomic E-state index is 0.110. The Morgan fingerprint density at radius 1 is 1.33 bits per heavy atom. The van der Waals surface area contributed by atoms with Crippen molar-refractivity contribution in [2.75, 3.05) is 24.2 Å². The first-order valence-corrected chi connectivity index (χ1v) is 9.70. The smallest absolute Gasteiger partial charge is 0.338 e. The lowest BCUT2D eigenvalue weighted by molar-refractivity contribution is -0.130. The van der Waals surface area contributed by atoms with E-state index in [2.05, 4.69) is 16.0 Å². The van der Waals surface area contributed by atoms with Gasteiger partial charge < -0.3 is 20.7 Å². The predicted molar refractivity (Wildman–Crippen MR) is 102 cm³/mol. The van der Waals surface area contributed by atoms with Gasteiger partial charge >= 0.3 is 5.97 Å². The summed E-state index contributed by atoms with van der Waals surface area (Å²) in [5.74, 6) is -0.982. The predicted octanol–water partition coefficient (Wildman–Crippen LogP) is 1.31. The van der Waals surface area contributed by atoms with Crippen LogP contribution in [0.15, 0.2) is 23.1 Å². The minimum Gasteiger partial charge on any atom is -0.452 e. The van der Waals surface area contributed by atoms with E-state index in [4.69, 9.17) is 4.74 Å². The molecular weight excluding hydrogens is 370 g/mol. The second kappa shape index (κ2) is 9.96. The van der Waals surface area contributed by atoms with Gasteiger partial charge in [-0.15, -0.1) is 11.8 Å². The van der Waals surface area contributed by atoms with Crippen LogP contribution in [-0.2, 0) is 19.1 Å². The number of benzene rings is 1. The Morgan fingerprint density at radius 2 is 2.11 bits per heavy atom. The number of rotatable bonds is 7. The van der Waals surface area contributed by atoms with Crippen LogP contribution in [0, 0.1) is 0 Å². The third kappa shape index (κ3) is 6.28. The molecular formula is C18H23N3O5S. The van der Waals surface area contributed by atoms with Gasteiger partial charge in [-0.1, -0.05) is 6.92 Å². The molecule has 8 nitrogen and oxygen atoms in total. The van der Waals surface area contributed by atoms with E-state index >= 15 is 0 Å². The second-order valence-corrected chi connectivity index (χ2v) is 7.15. The third-order valence-electron chi connectivity index (χ3n) is 3.73. The van der Waals surface area contributed by atoms with Gasteiger partial charge in [0.2, 0.25) is 11.8 Å². The lowest BCUT2D eigenvalue weighted by atomic mass is 10.2. The number of amides is 3. The molecule has 1 atom stereocenters. The highest BCUT2D eigenvalue weighted by Crippen LogP contribution is 2.31. The van der Waals surface area contributed by atoms with Gasteiger partial charge in [-0.25, -0.2) is 4.79 Å². The number of thioether (sulfide) groups is 1. The van der Waals surface area contributed by atoms with E-state index in [1.807, 2.05) is 6.92 Å². The molecule has 0 saturated carbocycles. The molecule has 0 spiro atoms. The normalized spacial score (nSPS) is 14.2. The van der Waals surface area contributed by atoms with Gasteiger partial charge in [-0.05, 0) is 31.5 Å². The number of hydrogen-bond donors (Lipinski definition) is 3. The zero-order chi connectivity index (χ0) is 19.8. The van der Waals surface area contributed by atoms with Crippen LogP contribution in [0.5, 0.6) is 0 Å². The number of carbonyl (C=O) groups excluding carboxylic acids is 4. The highest BCUT2D eigenvalue weighted by Gasteiger charge is 2.19. The number of anilines is 1. The maximum Gasteiger partial charge on any atom is 0.338 e. The fourth-order valence-corrected chi connectivity index (χ4v) is 3.25. The molecule has 9 heteroatoms. The maximum atomic E-state index is 12.2. The molecule has 1 aromatic carbocycles. The van der Waals surface area contributed by atoms with E-state index in [1.165, 1.54) is 17.8 Å². The zero-order valence-electron chi connectivity index (χ0n) is 15.3. The Kier molecular flexibility index (Phi) is 7.66. The minimum atomic E-state index is -0.720. The quantitative estimate of drug-likeness (QED) is 0.602. The van der Waals surface area contributed by atoms with Crippen LogP contribution < -0.4 is 16.0 Å². The van der Waals surface area contributed by atoms with Gasteiger partial charge in [0.25, 0.3) is 5.91 Å². The van der Waals surface area contributed by atoms with Gasteiger partial charge in [-0.2, -0.15) is 0 Å². The van der Waals surface area contributed by atoms with Crippen molar-refractivity contribution in [2.24, 2.45) is 0 Å². The number of carbonyl (C=O) groups is 4. The van der Waals surface area contributed by atoms with E-state index in [-0.39, 0.29) is 17.4 Å². The lowest BCUT2D eigenvalue weighted by Crippen LogP contribution is -2.46. The first-order valence-electron chi connectivity index (χ1n) is 8.71. The third-order valence-corrected chi connectivity index (χ3v) is 4.81. The summed E-state index contributed by atoms with van der Waals surface area (Å²) in [4.78, 5) is 48.3. The summed E-state index contributed by atoms with van der Waals surface area (Å²) in [6, 6.07) is 4.14. The summed E-state index contributed by atoms with van der Waals surface area (Å²) in [5, 5.41) is 7.89. The summed E-state index contributed by atoms with van der Waals surface area (Å²) < 4.78 is 5.00. The molecule has 1 aromatic rings. The summed E-state index contributed by atoms with van der Waals surface area (Å²) in [5.41, 5.74) is 0.792. The second-order valence-electron chi connectivity index (χ2n) is 6.01. The Bertz CT molecular complexity index is 738. The molecule has 3 amide bonds. The topological polar surface area (TPSA) is 114 Å². The van der Waals surface area contributed by atoms with Crippen molar-refractivity contribution in [3.05, 3.63) is 23.8 Å². The van der Waals surface area contributed by atoms with Crippen LogP contribution >= 0.6 is 11.8 Å². The highest BCUT2D eigenvalue weighted by atomic mass is 32.2. The summed E-state index contributed by atoms with van der Waals surface area (Å²) in [7, 11) is 0. The molecule has 0 aromatic heterocycles. The lowest BCUT2D eigenvalue weighted by Gasteiger charge is -2.14. The molecule has 1 aliphatic heterocycles. The van der Waals surface area contributed by atoms with E-state index in [0.717, 1.165) is 11.3 Å².